The van der Waals surface area contributed by atoms with Gasteiger partial charge in [0.1, 0.15) is 11.3 Å². The molecule has 0 amide bonds. The van der Waals surface area contributed by atoms with Crippen LogP contribution in [0.4, 0.5) is 0 Å². The molecule has 0 spiro atoms. The molecule has 1 N–H and O–H groups in total. The summed E-state index contributed by atoms with van der Waals surface area (Å²) in [5, 5.41) is 9.17. The van der Waals surface area contributed by atoms with Gasteiger partial charge in [-0.05, 0) is 31.5 Å². The van der Waals surface area contributed by atoms with Crippen molar-refractivity contribution in [1.29, 1.82) is 0 Å². The van der Waals surface area contributed by atoms with Crippen molar-refractivity contribution in [3.05, 3.63) is 23.8 Å². The van der Waals surface area contributed by atoms with Crippen molar-refractivity contribution < 1.29 is 23.1 Å². The monoisotopic (exact) mass is 315 g/mol. The van der Waals surface area contributed by atoms with Gasteiger partial charge in [0.15, 0.2) is 0 Å². The van der Waals surface area contributed by atoms with Gasteiger partial charge in [0.2, 0.25) is 10.0 Å². The number of carboxylic acids is 1. The Kier molecular flexibility index (Phi) is 6.17. The van der Waals surface area contributed by atoms with E-state index in [-0.39, 0.29) is 16.2 Å². The van der Waals surface area contributed by atoms with Crippen LogP contribution >= 0.6 is 0 Å². The third kappa shape index (κ3) is 4.18. The molecule has 0 fully saturated rings. The van der Waals surface area contributed by atoms with Crippen molar-refractivity contribution in [2.75, 3.05) is 20.2 Å². The molecule has 0 saturated heterocycles. The summed E-state index contributed by atoms with van der Waals surface area (Å²) >= 11 is 0. The molecule has 21 heavy (non-hydrogen) atoms. The van der Waals surface area contributed by atoms with Crippen molar-refractivity contribution in [3.8, 4) is 5.75 Å². The standard InChI is InChI=1S/C14H21NO5S/c1-4-6-9-15(3)21(18,19)11-7-8-13(20-5-2)12(10-11)14(16)17/h7-8,10H,4-6,9H2,1-3H3,(H,16,17). The number of benzene rings is 1. The number of unbranched alkanes of at least 4 members (excludes halogenated alkanes) is 1. The van der Waals surface area contributed by atoms with E-state index in [1.165, 1.54) is 23.5 Å². The fourth-order valence-electron chi connectivity index (χ4n) is 1.80. The Hall–Kier alpha value is -1.60. The molecule has 0 aromatic heterocycles. The zero-order chi connectivity index (χ0) is 16.0. The molecule has 7 heteroatoms. The number of hydrogen-bond acceptors (Lipinski definition) is 4. The van der Waals surface area contributed by atoms with E-state index in [1.54, 1.807) is 6.92 Å². The van der Waals surface area contributed by atoms with E-state index < -0.39 is 16.0 Å². The zero-order valence-electron chi connectivity index (χ0n) is 12.5. The summed E-state index contributed by atoms with van der Waals surface area (Å²) in [5.41, 5.74) is -0.151. The molecule has 6 nitrogen and oxygen atoms in total. The summed E-state index contributed by atoms with van der Waals surface area (Å²) in [4.78, 5) is 11.2. The second kappa shape index (κ2) is 7.42. The summed E-state index contributed by atoms with van der Waals surface area (Å²) in [7, 11) is -2.20. The minimum Gasteiger partial charge on any atom is -0.493 e. The van der Waals surface area contributed by atoms with Crippen LogP contribution in [0.1, 0.15) is 37.0 Å². The number of hydrogen-bond donors (Lipinski definition) is 1. The summed E-state index contributed by atoms with van der Waals surface area (Å²) in [6.07, 6.45) is 1.63. The Bertz CT molecular complexity index is 597. The predicted octanol–water partition coefficient (Wildman–Crippen LogP) is 2.20. The molecule has 0 aliphatic carbocycles. The maximum Gasteiger partial charge on any atom is 0.339 e. The molecule has 0 atom stereocenters. The van der Waals surface area contributed by atoms with Gasteiger partial charge in [0, 0.05) is 13.6 Å². The van der Waals surface area contributed by atoms with Gasteiger partial charge in [0.05, 0.1) is 11.5 Å². The average molecular weight is 315 g/mol. The van der Waals surface area contributed by atoms with Gasteiger partial charge in [0.25, 0.3) is 0 Å². The second-order valence-electron chi connectivity index (χ2n) is 4.58. The molecular weight excluding hydrogens is 294 g/mol. The lowest BCUT2D eigenvalue weighted by molar-refractivity contribution is 0.0692. The fourth-order valence-corrected chi connectivity index (χ4v) is 3.04. The molecule has 0 aliphatic heterocycles. The quantitative estimate of drug-likeness (QED) is 0.795. The third-order valence-corrected chi connectivity index (χ3v) is 4.87. The van der Waals surface area contributed by atoms with Gasteiger partial charge in [-0.25, -0.2) is 17.5 Å². The minimum atomic E-state index is -3.68. The largest absolute Gasteiger partial charge is 0.493 e. The lowest BCUT2D eigenvalue weighted by Gasteiger charge is -2.17. The highest BCUT2D eigenvalue weighted by Crippen LogP contribution is 2.24. The van der Waals surface area contributed by atoms with Gasteiger partial charge in [-0.1, -0.05) is 13.3 Å². The first kappa shape index (κ1) is 17.5. The van der Waals surface area contributed by atoms with E-state index >= 15 is 0 Å². The van der Waals surface area contributed by atoms with Crippen LogP contribution < -0.4 is 4.74 Å². The molecule has 0 radical (unpaired) electrons. The van der Waals surface area contributed by atoms with Crippen LogP contribution in [0.25, 0.3) is 0 Å². The van der Waals surface area contributed by atoms with Crippen LogP contribution in [0.2, 0.25) is 0 Å². The highest BCUT2D eigenvalue weighted by molar-refractivity contribution is 7.89. The third-order valence-electron chi connectivity index (χ3n) is 3.02. The topological polar surface area (TPSA) is 83.9 Å². The SMILES string of the molecule is CCCCN(C)S(=O)(=O)c1ccc(OCC)c(C(=O)O)c1. The molecule has 0 heterocycles. The lowest BCUT2D eigenvalue weighted by atomic mass is 10.2. The zero-order valence-corrected chi connectivity index (χ0v) is 13.3. The normalized spacial score (nSPS) is 11.6. The summed E-state index contributed by atoms with van der Waals surface area (Å²) in [6, 6.07) is 3.90. The van der Waals surface area contributed by atoms with E-state index in [4.69, 9.17) is 4.74 Å². The smallest absolute Gasteiger partial charge is 0.339 e. The molecular formula is C14H21NO5S. The van der Waals surface area contributed by atoms with Crippen LogP contribution in [-0.2, 0) is 10.0 Å². The van der Waals surface area contributed by atoms with Crippen LogP contribution in [0.5, 0.6) is 5.75 Å². The second-order valence-corrected chi connectivity index (χ2v) is 6.62. The Labute approximate surface area is 125 Å². The van der Waals surface area contributed by atoms with Crippen molar-refractivity contribution in [2.45, 2.75) is 31.6 Å². The molecule has 0 aliphatic rings. The van der Waals surface area contributed by atoms with E-state index in [0.29, 0.717) is 13.2 Å². The van der Waals surface area contributed by atoms with Gasteiger partial charge in [-0.3, -0.25) is 0 Å². The van der Waals surface area contributed by atoms with E-state index in [0.717, 1.165) is 18.9 Å². The maximum absolute atomic E-state index is 12.4. The van der Waals surface area contributed by atoms with E-state index in [2.05, 4.69) is 0 Å². The minimum absolute atomic E-state index is 0.0399. The molecule has 0 unspecified atom stereocenters. The van der Waals surface area contributed by atoms with Crippen molar-refractivity contribution in [1.82, 2.24) is 4.31 Å². The summed E-state index contributed by atoms with van der Waals surface area (Å²) in [5.74, 6) is -1.05. The molecule has 1 rings (SSSR count). The van der Waals surface area contributed by atoms with Crippen LogP contribution in [-0.4, -0.2) is 44.0 Å². The van der Waals surface area contributed by atoms with Gasteiger partial charge in [-0.2, -0.15) is 0 Å². The van der Waals surface area contributed by atoms with Crippen LogP contribution in [0, 0.1) is 0 Å². The predicted molar refractivity (Wildman–Crippen MR) is 79.3 cm³/mol. The lowest BCUT2D eigenvalue weighted by Crippen LogP contribution is -2.28. The van der Waals surface area contributed by atoms with Crippen LogP contribution in [0.15, 0.2) is 23.1 Å². The number of ether oxygens (including phenoxy) is 1. The number of carboxylic acid groups (broad SMARTS) is 1. The molecule has 1 aromatic carbocycles. The average Bonchev–Trinajstić information content (AvgIpc) is 2.44. The Balaban J connectivity index is 3.19. The van der Waals surface area contributed by atoms with E-state index in [1.807, 2.05) is 6.92 Å². The Morgan fingerprint density at radius 1 is 1.33 bits per heavy atom. The molecule has 1 aromatic rings. The van der Waals surface area contributed by atoms with Crippen LogP contribution in [0.3, 0.4) is 0 Å². The van der Waals surface area contributed by atoms with Crippen molar-refractivity contribution in [2.24, 2.45) is 0 Å². The number of sulfonamides is 1. The maximum atomic E-state index is 12.4. The number of carbonyl (C=O) groups is 1. The van der Waals surface area contributed by atoms with E-state index in [9.17, 15) is 18.3 Å². The summed E-state index contributed by atoms with van der Waals surface area (Å²) in [6.45, 7) is 4.41. The highest BCUT2D eigenvalue weighted by atomic mass is 32.2. The van der Waals surface area contributed by atoms with Gasteiger partial charge >= 0.3 is 5.97 Å². The van der Waals surface area contributed by atoms with Gasteiger partial charge in [-0.15, -0.1) is 0 Å². The molecule has 0 saturated carbocycles. The fraction of sp³-hybridized carbons (Fsp3) is 0.500. The first-order valence-electron chi connectivity index (χ1n) is 6.81. The molecule has 0 bridgehead atoms. The van der Waals surface area contributed by atoms with Crippen molar-refractivity contribution >= 4 is 16.0 Å². The first-order valence-corrected chi connectivity index (χ1v) is 8.25. The summed E-state index contributed by atoms with van der Waals surface area (Å²) < 4.78 is 31.2. The van der Waals surface area contributed by atoms with Crippen molar-refractivity contribution in [3.63, 3.8) is 0 Å². The number of rotatable bonds is 8. The van der Waals surface area contributed by atoms with Gasteiger partial charge < -0.3 is 9.84 Å². The number of nitrogens with zero attached hydrogens (tertiary/aromatic N) is 1. The molecule has 118 valence electrons. The Morgan fingerprint density at radius 3 is 2.52 bits per heavy atom. The highest BCUT2D eigenvalue weighted by Gasteiger charge is 2.23. The first-order chi connectivity index (χ1) is 9.84. The number of aromatic carboxylic acids is 1. The Morgan fingerprint density at radius 2 is 2.00 bits per heavy atom.